The molecule has 2 N–H and O–H groups in total. The van der Waals surface area contributed by atoms with E-state index in [-0.39, 0.29) is 5.56 Å². The highest BCUT2D eigenvalue weighted by Crippen LogP contribution is 1.98. The van der Waals surface area contributed by atoms with Gasteiger partial charge in [0.15, 0.2) is 0 Å². The normalized spacial score (nSPS) is 10.2. The van der Waals surface area contributed by atoms with Crippen LogP contribution in [0.1, 0.15) is 5.56 Å². The summed E-state index contributed by atoms with van der Waals surface area (Å²) in [4.78, 5) is 15.4. The highest BCUT2D eigenvalue weighted by Gasteiger charge is 1.99. The highest BCUT2D eigenvalue weighted by molar-refractivity contribution is 5.23. The summed E-state index contributed by atoms with van der Waals surface area (Å²) in [6.07, 6.45) is 4.20. The summed E-state index contributed by atoms with van der Waals surface area (Å²) in [6, 6.07) is 6.75. The largest absolute Gasteiger partial charge is 0.382 e. The van der Waals surface area contributed by atoms with Crippen LogP contribution in [0, 0.1) is 0 Å². The van der Waals surface area contributed by atoms with Crippen molar-refractivity contribution in [2.75, 3.05) is 5.73 Å². The fourth-order valence-electron chi connectivity index (χ4n) is 1.41. The van der Waals surface area contributed by atoms with Gasteiger partial charge in [0.2, 0.25) is 0 Å². The molecule has 2 heterocycles. The number of hydrogen-bond acceptors (Lipinski definition) is 4. The first-order chi connectivity index (χ1) is 7.75. The lowest BCUT2D eigenvalue weighted by molar-refractivity contribution is 0.581. The molecule has 0 aliphatic carbocycles. The summed E-state index contributed by atoms with van der Waals surface area (Å²) in [5.41, 5.74) is 6.44. The van der Waals surface area contributed by atoms with Crippen molar-refractivity contribution in [3.8, 4) is 0 Å². The van der Waals surface area contributed by atoms with Gasteiger partial charge in [0.25, 0.3) is 5.56 Å². The average molecular weight is 216 g/mol. The van der Waals surface area contributed by atoms with Gasteiger partial charge >= 0.3 is 0 Å². The molecule has 0 bridgehead atoms. The molecule has 5 nitrogen and oxygen atoms in total. The van der Waals surface area contributed by atoms with Gasteiger partial charge in [-0.25, -0.2) is 4.68 Å². The summed E-state index contributed by atoms with van der Waals surface area (Å²) in [5.74, 6) is 0.353. The fraction of sp³-hybridized carbons (Fsp3) is 0.182. The van der Waals surface area contributed by atoms with Crippen LogP contribution in [0.3, 0.4) is 0 Å². The Morgan fingerprint density at radius 2 is 2.19 bits per heavy atom. The molecule has 0 aliphatic heterocycles. The van der Waals surface area contributed by atoms with Gasteiger partial charge in [0.05, 0.1) is 0 Å². The number of aromatic nitrogens is 3. The molecular formula is C11H12N4O. The highest BCUT2D eigenvalue weighted by atomic mass is 16.1. The molecule has 0 aliphatic rings. The first kappa shape index (κ1) is 10.4. The average Bonchev–Trinajstić information content (AvgIpc) is 2.32. The minimum Gasteiger partial charge on any atom is -0.382 e. The monoisotopic (exact) mass is 216 g/mol. The molecule has 16 heavy (non-hydrogen) atoms. The topological polar surface area (TPSA) is 73.8 Å². The molecule has 5 heteroatoms. The van der Waals surface area contributed by atoms with Crippen LogP contribution >= 0.6 is 0 Å². The number of hydrogen-bond donors (Lipinski definition) is 1. The van der Waals surface area contributed by atoms with Crippen LogP contribution in [-0.2, 0) is 13.0 Å². The maximum absolute atomic E-state index is 11.4. The number of aryl methyl sites for hydroxylation is 2. The molecule has 0 saturated carbocycles. The SMILES string of the molecule is Nc1ccc(=O)n(CCc2cccnc2)n1. The smallest absolute Gasteiger partial charge is 0.266 e. The number of rotatable bonds is 3. The standard InChI is InChI=1S/C11H12N4O/c12-10-3-4-11(16)15(14-10)7-5-9-2-1-6-13-8-9/h1-4,6,8H,5,7H2,(H2,12,14). The van der Waals surface area contributed by atoms with E-state index in [9.17, 15) is 4.79 Å². The molecular weight excluding hydrogens is 204 g/mol. The van der Waals surface area contributed by atoms with Gasteiger partial charge in [0.1, 0.15) is 5.82 Å². The molecule has 2 rings (SSSR count). The zero-order valence-corrected chi connectivity index (χ0v) is 8.71. The van der Waals surface area contributed by atoms with Crippen LogP contribution in [0.5, 0.6) is 0 Å². The van der Waals surface area contributed by atoms with E-state index in [1.54, 1.807) is 12.4 Å². The summed E-state index contributed by atoms with van der Waals surface area (Å²) < 4.78 is 1.36. The van der Waals surface area contributed by atoms with E-state index in [4.69, 9.17) is 5.73 Å². The van der Waals surface area contributed by atoms with E-state index in [0.717, 1.165) is 5.56 Å². The lowest BCUT2D eigenvalue weighted by Gasteiger charge is -2.04. The number of nitrogens with zero attached hydrogens (tertiary/aromatic N) is 3. The summed E-state index contributed by atoms with van der Waals surface area (Å²) in [5, 5.41) is 3.95. The van der Waals surface area contributed by atoms with E-state index in [2.05, 4.69) is 10.1 Å². The third-order valence-electron chi connectivity index (χ3n) is 2.22. The minimum absolute atomic E-state index is 0.141. The molecule has 0 atom stereocenters. The Bertz CT molecular complexity index is 521. The Kier molecular flexibility index (Phi) is 2.95. The Morgan fingerprint density at radius 3 is 2.94 bits per heavy atom. The van der Waals surface area contributed by atoms with Gasteiger partial charge in [-0.05, 0) is 24.1 Å². The number of anilines is 1. The second-order valence-electron chi connectivity index (χ2n) is 3.43. The van der Waals surface area contributed by atoms with Gasteiger partial charge in [0, 0.05) is 25.0 Å². The van der Waals surface area contributed by atoms with Gasteiger partial charge in [-0.1, -0.05) is 6.07 Å². The van der Waals surface area contributed by atoms with Crippen molar-refractivity contribution in [2.45, 2.75) is 13.0 Å². The van der Waals surface area contributed by atoms with Crippen molar-refractivity contribution in [3.05, 3.63) is 52.6 Å². The number of nitrogens with two attached hydrogens (primary N) is 1. The summed E-state index contributed by atoms with van der Waals surface area (Å²) in [7, 11) is 0. The maximum Gasteiger partial charge on any atom is 0.266 e. The van der Waals surface area contributed by atoms with E-state index in [1.807, 2.05) is 12.1 Å². The Balaban J connectivity index is 2.11. The van der Waals surface area contributed by atoms with Crippen molar-refractivity contribution in [1.82, 2.24) is 14.8 Å². The molecule has 0 unspecified atom stereocenters. The predicted octanol–water partition coefficient (Wildman–Crippen LogP) is 0.463. The molecule has 2 aromatic rings. The van der Waals surface area contributed by atoms with Gasteiger partial charge in [-0.3, -0.25) is 9.78 Å². The molecule has 0 amide bonds. The maximum atomic E-state index is 11.4. The quantitative estimate of drug-likeness (QED) is 0.809. The van der Waals surface area contributed by atoms with Crippen LogP contribution in [0.2, 0.25) is 0 Å². The molecule has 0 radical (unpaired) electrons. The van der Waals surface area contributed by atoms with E-state index >= 15 is 0 Å². The number of pyridine rings is 1. The Hall–Kier alpha value is -2.17. The predicted molar refractivity (Wildman–Crippen MR) is 60.9 cm³/mol. The Labute approximate surface area is 92.6 Å². The van der Waals surface area contributed by atoms with E-state index in [1.165, 1.54) is 16.8 Å². The molecule has 2 aromatic heterocycles. The van der Waals surface area contributed by atoms with Crippen molar-refractivity contribution >= 4 is 5.82 Å². The number of nitrogen functional groups attached to an aromatic ring is 1. The summed E-state index contributed by atoms with van der Waals surface area (Å²) >= 11 is 0. The lowest BCUT2D eigenvalue weighted by Crippen LogP contribution is -2.23. The van der Waals surface area contributed by atoms with Crippen LogP contribution < -0.4 is 11.3 Å². The van der Waals surface area contributed by atoms with Gasteiger partial charge in [-0.2, -0.15) is 5.10 Å². The van der Waals surface area contributed by atoms with Crippen LogP contribution in [-0.4, -0.2) is 14.8 Å². The van der Waals surface area contributed by atoms with Crippen molar-refractivity contribution in [1.29, 1.82) is 0 Å². The zero-order valence-electron chi connectivity index (χ0n) is 8.71. The molecule has 0 aromatic carbocycles. The minimum atomic E-state index is -0.141. The first-order valence-corrected chi connectivity index (χ1v) is 4.98. The van der Waals surface area contributed by atoms with E-state index < -0.39 is 0 Å². The van der Waals surface area contributed by atoms with Gasteiger partial charge in [-0.15, -0.1) is 0 Å². The van der Waals surface area contributed by atoms with Crippen molar-refractivity contribution < 1.29 is 0 Å². The van der Waals surface area contributed by atoms with Crippen LogP contribution in [0.15, 0.2) is 41.5 Å². The molecule has 0 saturated heterocycles. The molecule has 0 fully saturated rings. The second-order valence-corrected chi connectivity index (χ2v) is 3.43. The second kappa shape index (κ2) is 4.57. The zero-order chi connectivity index (χ0) is 11.4. The fourth-order valence-corrected chi connectivity index (χ4v) is 1.41. The molecule has 82 valence electrons. The molecule has 0 spiro atoms. The Morgan fingerprint density at radius 1 is 1.31 bits per heavy atom. The van der Waals surface area contributed by atoms with E-state index in [0.29, 0.717) is 18.8 Å². The summed E-state index contributed by atoms with van der Waals surface area (Å²) in [6.45, 7) is 0.509. The van der Waals surface area contributed by atoms with Crippen molar-refractivity contribution in [3.63, 3.8) is 0 Å². The van der Waals surface area contributed by atoms with Gasteiger partial charge < -0.3 is 5.73 Å². The van der Waals surface area contributed by atoms with Crippen LogP contribution in [0.25, 0.3) is 0 Å². The van der Waals surface area contributed by atoms with Crippen LogP contribution in [0.4, 0.5) is 5.82 Å². The lowest BCUT2D eigenvalue weighted by atomic mass is 10.2. The third-order valence-corrected chi connectivity index (χ3v) is 2.22. The van der Waals surface area contributed by atoms with Crippen molar-refractivity contribution in [2.24, 2.45) is 0 Å². The third kappa shape index (κ3) is 2.44. The first-order valence-electron chi connectivity index (χ1n) is 4.98.